The van der Waals surface area contributed by atoms with Crippen molar-refractivity contribution in [1.82, 2.24) is 30.0 Å². The number of amides is 1. The molecule has 0 aliphatic heterocycles. The fourth-order valence-electron chi connectivity index (χ4n) is 2.94. The molecule has 0 spiro atoms. The Kier molecular flexibility index (Phi) is 4.55. The number of aryl methyl sites for hydroxylation is 1. The summed E-state index contributed by atoms with van der Waals surface area (Å²) in [6, 6.07) is 15.7. The highest BCUT2D eigenvalue weighted by Gasteiger charge is 2.13. The molecule has 7 nitrogen and oxygen atoms in total. The summed E-state index contributed by atoms with van der Waals surface area (Å²) in [5.41, 5.74) is 3.84. The van der Waals surface area contributed by atoms with Crippen molar-refractivity contribution in [3.05, 3.63) is 64.7 Å². The molecule has 0 fully saturated rings. The van der Waals surface area contributed by atoms with Gasteiger partial charge in [0.1, 0.15) is 12.4 Å². The number of carbonyl (C=O) groups is 1. The SMILES string of the molecule is Cc1cccc(-c2n[nH]c(=S)n2CC(=O)NCc2nc3ccccc3[nH]2)c1. The van der Waals surface area contributed by atoms with Crippen LogP contribution in [0.2, 0.25) is 0 Å². The normalized spacial score (nSPS) is 11.0. The number of para-hydroxylation sites is 2. The number of nitrogens with one attached hydrogen (secondary N) is 3. The highest BCUT2D eigenvalue weighted by Crippen LogP contribution is 2.18. The van der Waals surface area contributed by atoms with Gasteiger partial charge in [-0.05, 0) is 37.3 Å². The quantitative estimate of drug-likeness (QED) is 0.465. The Morgan fingerprint density at radius 2 is 2.07 bits per heavy atom. The molecular weight excluding hydrogens is 360 g/mol. The van der Waals surface area contributed by atoms with Crippen LogP contribution in [-0.2, 0) is 17.9 Å². The number of benzene rings is 2. The first kappa shape index (κ1) is 17.2. The molecule has 3 N–H and O–H groups in total. The fourth-order valence-corrected chi connectivity index (χ4v) is 3.14. The first-order valence-corrected chi connectivity index (χ1v) is 8.93. The third-order valence-electron chi connectivity index (χ3n) is 4.23. The Hall–Kier alpha value is -3.26. The van der Waals surface area contributed by atoms with Gasteiger partial charge >= 0.3 is 0 Å². The minimum atomic E-state index is -0.165. The van der Waals surface area contributed by atoms with Crippen LogP contribution in [0.3, 0.4) is 0 Å². The van der Waals surface area contributed by atoms with E-state index in [2.05, 4.69) is 25.5 Å². The van der Waals surface area contributed by atoms with Crippen LogP contribution in [0, 0.1) is 11.7 Å². The molecule has 0 unspecified atom stereocenters. The summed E-state index contributed by atoms with van der Waals surface area (Å²) in [6.45, 7) is 2.41. The number of hydrogen-bond donors (Lipinski definition) is 3. The molecule has 4 aromatic rings. The number of aromatic amines is 2. The highest BCUT2D eigenvalue weighted by molar-refractivity contribution is 7.71. The van der Waals surface area contributed by atoms with Crippen molar-refractivity contribution in [2.24, 2.45) is 0 Å². The lowest BCUT2D eigenvalue weighted by molar-refractivity contribution is -0.121. The van der Waals surface area contributed by atoms with Gasteiger partial charge in [-0.2, -0.15) is 5.10 Å². The molecule has 0 bridgehead atoms. The van der Waals surface area contributed by atoms with Crippen LogP contribution in [-0.4, -0.2) is 30.6 Å². The zero-order valence-electron chi connectivity index (χ0n) is 14.7. The van der Waals surface area contributed by atoms with Crippen LogP contribution in [0.15, 0.2) is 48.5 Å². The number of carbonyl (C=O) groups excluding carboxylic acids is 1. The first-order valence-electron chi connectivity index (χ1n) is 8.53. The summed E-state index contributed by atoms with van der Waals surface area (Å²) < 4.78 is 2.10. The van der Waals surface area contributed by atoms with Crippen molar-refractivity contribution < 1.29 is 4.79 Å². The van der Waals surface area contributed by atoms with E-state index in [1.165, 1.54) is 0 Å². The molecule has 0 saturated carbocycles. The number of H-pyrrole nitrogens is 2. The molecular formula is C19H18N6OS. The number of rotatable bonds is 5. The topological polar surface area (TPSA) is 91.4 Å². The Morgan fingerprint density at radius 3 is 2.89 bits per heavy atom. The molecule has 0 aliphatic rings. The van der Waals surface area contributed by atoms with Gasteiger partial charge in [0, 0.05) is 5.56 Å². The Labute approximate surface area is 160 Å². The van der Waals surface area contributed by atoms with Gasteiger partial charge in [-0.1, -0.05) is 35.9 Å². The maximum absolute atomic E-state index is 12.4. The molecule has 2 heterocycles. The number of fused-ring (bicyclic) bond motifs is 1. The molecule has 2 aromatic carbocycles. The average molecular weight is 378 g/mol. The predicted molar refractivity (Wildman–Crippen MR) is 106 cm³/mol. The number of nitrogens with zero attached hydrogens (tertiary/aromatic N) is 3. The van der Waals surface area contributed by atoms with Gasteiger partial charge < -0.3 is 10.3 Å². The van der Waals surface area contributed by atoms with Crippen molar-refractivity contribution in [3.63, 3.8) is 0 Å². The smallest absolute Gasteiger partial charge is 0.240 e. The molecule has 8 heteroatoms. The number of imidazole rings is 1. The van der Waals surface area contributed by atoms with Crippen molar-refractivity contribution in [1.29, 1.82) is 0 Å². The monoisotopic (exact) mass is 378 g/mol. The van der Waals surface area contributed by atoms with Crippen LogP contribution >= 0.6 is 12.2 Å². The lowest BCUT2D eigenvalue weighted by atomic mass is 10.1. The van der Waals surface area contributed by atoms with E-state index in [1.807, 2.05) is 55.5 Å². The van der Waals surface area contributed by atoms with Gasteiger partial charge in [-0.15, -0.1) is 0 Å². The third-order valence-corrected chi connectivity index (χ3v) is 4.54. The average Bonchev–Trinajstić information content (AvgIpc) is 3.23. The summed E-state index contributed by atoms with van der Waals surface area (Å²) in [4.78, 5) is 20.1. The lowest BCUT2D eigenvalue weighted by Crippen LogP contribution is -2.27. The maximum Gasteiger partial charge on any atom is 0.240 e. The summed E-state index contributed by atoms with van der Waals surface area (Å²) in [5, 5.41) is 9.92. The van der Waals surface area contributed by atoms with E-state index >= 15 is 0 Å². The van der Waals surface area contributed by atoms with E-state index in [-0.39, 0.29) is 12.5 Å². The minimum Gasteiger partial charge on any atom is -0.347 e. The summed E-state index contributed by atoms with van der Waals surface area (Å²) >= 11 is 5.29. The van der Waals surface area contributed by atoms with Gasteiger partial charge in [0.25, 0.3) is 0 Å². The molecule has 0 aliphatic carbocycles. The van der Waals surface area contributed by atoms with Crippen LogP contribution in [0.1, 0.15) is 11.4 Å². The van der Waals surface area contributed by atoms with E-state index in [0.717, 1.165) is 22.2 Å². The Morgan fingerprint density at radius 1 is 1.22 bits per heavy atom. The Balaban J connectivity index is 1.48. The third kappa shape index (κ3) is 3.65. The zero-order chi connectivity index (χ0) is 18.8. The second kappa shape index (κ2) is 7.16. The van der Waals surface area contributed by atoms with Gasteiger partial charge in [0.15, 0.2) is 10.6 Å². The zero-order valence-corrected chi connectivity index (χ0v) is 15.5. The molecule has 0 saturated heterocycles. The number of aromatic nitrogens is 5. The van der Waals surface area contributed by atoms with Crippen molar-refractivity contribution >= 4 is 29.2 Å². The van der Waals surface area contributed by atoms with Gasteiger partial charge in [0.2, 0.25) is 5.91 Å². The van der Waals surface area contributed by atoms with E-state index in [1.54, 1.807) is 4.57 Å². The maximum atomic E-state index is 12.4. The molecule has 4 rings (SSSR count). The van der Waals surface area contributed by atoms with Crippen molar-refractivity contribution in [2.75, 3.05) is 0 Å². The summed E-state index contributed by atoms with van der Waals surface area (Å²) in [5.74, 6) is 1.18. The molecule has 136 valence electrons. The van der Waals surface area contributed by atoms with Crippen molar-refractivity contribution in [2.45, 2.75) is 20.0 Å². The number of hydrogen-bond acceptors (Lipinski definition) is 4. The molecule has 27 heavy (non-hydrogen) atoms. The predicted octanol–water partition coefficient (Wildman–Crippen LogP) is 3.11. The van der Waals surface area contributed by atoms with Gasteiger partial charge in [-0.3, -0.25) is 14.5 Å². The fraction of sp³-hybridized carbons (Fsp3) is 0.158. The molecule has 0 radical (unpaired) electrons. The minimum absolute atomic E-state index is 0.0822. The Bertz CT molecular complexity index is 1140. The molecule has 0 atom stereocenters. The van der Waals surface area contributed by atoms with Crippen molar-refractivity contribution in [3.8, 4) is 11.4 Å². The van der Waals surface area contributed by atoms with Crippen LogP contribution < -0.4 is 5.32 Å². The van der Waals surface area contributed by atoms with Gasteiger partial charge in [-0.25, -0.2) is 4.98 Å². The largest absolute Gasteiger partial charge is 0.347 e. The van der Waals surface area contributed by atoms with Crippen LogP contribution in [0.4, 0.5) is 0 Å². The summed E-state index contributed by atoms with van der Waals surface area (Å²) in [6.07, 6.45) is 0. The van der Waals surface area contributed by atoms with E-state index in [9.17, 15) is 4.79 Å². The standard InChI is InChI=1S/C19H18N6OS/c1-12-5-4-6-13(9-12)18-23-24-19(27)25(18)11-17(26)20-10-16-21-14-7-2-3-8-15(14)22-16/h2-9H,10-11H2,1H3,(H,20,26)(H,21,22)(H,24,27). The van der Waals surface area contributed by atoms with Gasteiger partial charge in [0.05, 0.1) is 17.6 Å². The highest BCUT2D eigenvalue weighted by atomic mass is 32.1. The first-order chi connectivity index (χ1) is 13.1. The second-order valence-electron chi connectivity index (χ2n) is 6.29. The van der Waals surface area contributed by atoms with E-state index in [0.29, 0.717) is 23.0 Å². The van der Waals surface area contributed by atoms with Crippen LogP contribution in [0.5, 0.6) is 0 Å². The van der Waals surface area contributed by atoms with E-state index < -0.39 is 0 Å². The van der Waals surface area contributed by atoms with Crippen LogP contribution in [0.25, 0.3) is 22.4 Å². The lowest BCUT2D eigenvalue weighted by Gasteiger charge is -2.08. The van der Waals surface area contributed by atoms with E-state index in [4.69, 9.17) is 12.2 Å². The molecule has 1 amide bonds. The second-order valence-corrected chi connectivity index (χ2v) is 6.67. The molecule has 2 aromatic heterocycles. The summed E-state index contributed by atoms with van der Waals surface area (Å²) in [7, 11) is 0.